The van der Waals surface area contributed by atoms with Crippen molar-refractivity contribution in [2.45, 2.75) is 63.2 Å². The van der Waals surface area contributed by atoms with Crippen LogP contribution in [0.4, 0.5) is 8.78 Å². The van der Waals surface area contributed by atoms with Crippen molar-refractivity contribution in [2.24, 2.45) is 22.6 Å². The van der Waals surface area contributed by atoms with E-state index in [0.717, 1.165) is 64.2 Å². The number of benzene rings is 1. The van der Waals surface area contributed by atoms with Gasteiger partial charge in [0, 0.05) is 48.5 Å². The molecule has 8 N–H and O–H groups in total. The first-order chi connectivity index (χ1) is 17.8. The fourth-order valence-corrected chi connectivity index (χ4v) is 6.25. The van der Waals surface area contributed by atoms with Gasteiger partial charge in [-0.1, -0.05) is 15.3 Å². The number of phenols is 1. The van der Waals surface area contributed by atoms with Crippen molar-refractivity contribution in [1.82, 2.24) is 15.1 Å². The average molecular weight is 551 g/mol. The highest BCUT2D eigenvalue weighted by atomic mass is 31.0. The van der Waals surface area contributed by atoms with Crippen molar-refractivity contribution >= 4 is 20.8 Å². The summed E-state index contributed by atoms with van der Waals surface area (Å²) in [6.45, 7) is 5.37. The molecule has 1 spiro atoms. The largest absolute Gasteiger partial charge is 0.507 e. The second-order valence-corrected chi connectivity index (χ2v) is 12.0. The van der Waals surface area contributed by atoms with Gasteiger partial charge in [-0.05, 0) is 81.2 Å². The van der Waals surface area contributed by atoms with Crippen LogP contribution in [0.2, 0.25) is 0 Å². The number of carbonyl (C=O) groups excluding carboxylic acids is 1. The first-order valence-corrected chi connectivity index (χ1v) is 13.9. The fraction of sp³-hybridized carbons (Fsp3) is 0.593. The normalized spacial score (nSPS) is 23.7. The molecule has 1 aliphatic carbocycles. The van der Waals surface area contributed by atoms with Crippen LogP contribution >= 0.6 is 9.24 Å². The smallest absolute Gasteiger partial charge is 0.284 e. The molecule has 2 aliphatic heterocycles. The van der Waals surface area contributed by atoms with E-state index in [1.54, 1.807) is 13.0 Å². The molecule has 11 heteroatoms. The predicted molar refractivity (Wildman–Crippen MR) is 149 cm³/mol. The molecule has 8 nitrogen and oxygen atoms in total. The van der Waals surface area contributed by atoms with Crippen molar-refractivity contribution in [3.05, 3.63) is 46.8 Å². The van der Waals surface area contributed by atoms with Crippen LogP contribution in [-0.4, -0.2) is 65.6 Å². The summed E-state index contributed by atoms with van der Waals surface area (Å²) in [6, 6.07) is 4.03. The summed E-state index contributed by atoms with van der Waals surface area (Å²) in [7, 11) is 1.45. The molecule has 3 fully saturated rings. The van der Waals surface area contributed by atoms with E-state index in [2.05, 4.69) is 10.2 Å². The third-order valence-corrected chi connectivity index (χ3v) is 8.61. The number of piperidine rings is 2. The van der Waals surface area contributed by atoms with Gasteiger partial charge in [0.25, 0.3) is 5.66 Å². The van der Waals surface area contributed by atoms with Crippen LogP contribution in [0.15, 0.2) is 35.7 Å². The summed E-state index contributed by atoms with van der Waals surface area (Å²) in [5.41, 5.74) is 16.5. The number of amides is 1. The number of likely N-dealkylation sites (tertiary alicyclic amines) is 2. The zero-order chi connectivity index (χ0) is 27.7. The van der Waals surface area contributed by atoms with Crippen LogP contribution in [0.5, 0.6) is 5.75 Å². The van der Waals surface area contributed by atoms with E-state index in [0.29, 0.717) is 35.9 Å². The van der Waals surface area contributed by atoms with Crippen LogP contribution in [0.1, 0.15) is 56.6 Å². The van der Waals surface area contributed by atoms with Gasteiger partial charge >= 0.3 is 0 Å². The van der Waals surface area contributed by atoms with E-state index in [4.69, 9.17) is 17.2 Å². The van der Waals surface area contributed by atoms with Gasteiger partial charge < -0.3 is 32.5 Å². The standard InChI is InChI=1S/C27H41F2N6O2P/c1-17(25(32)21-5-4-18(12-22(21)36)27(28,29)38)11-23(31)33-20-3-2-8-34(15-20)16-24(37)35-9-6-26(7-10-35)13-19(30)14-26/h4-5,11-12,19-20,33,36H,2-3,6-10,13-16,30-32,38H2,1H3/b23-11+,25-17-. The molecule has 2 atom stereocenters. The molecule has 2 heterocycles. The molecular weight excluding hydrogens is 509 g/mol. The maximum absolute atomic E-state index is 13.5. The van der Waals surface area contributed by atoms with E-state index in [9.17, 15) is 18.7 Å². The van der Waals surface area contributed by atoms with Crippen molar-refractivity contribution in [2.75, 3.05) is 32.7 Å². The summed E-state index contributed by atoms with van der Waals surface area (Å²) in [6.07, 6.45) is 7.85. The molecule has 0 bridgehead atoms. The second-order valence-electron chi connectivity index (χ2n) is 11.3. The van der Waals surface area contributed by atoms with Gasteiger partial charge in [-0.2, -0.15) is 8.78 Å². The minimum Gasteiger partial charge on any atom is -0.507 e. The lowest BCUT2D eigenvalue weighted by Gasteiger charge is -2.51. The number of nitrogens with one attached hydrogen (secondary N) is 1. The number of halogens is 2. The predicted octanol–water partition coefficient (Wildman–Crippen LogP) is 2.59. The Morgan fingerprint density at radius 3 is 2.55 bits per heavy atom. The van der Waals surface area contributed by atoms with Crippen molar-refractivity contribution in [3.8, 4) is 5.75 Å². The van der Waals surface area contributed by atoms with E-state index in [1.807, 2.05) is 4.90 Å². The number of alkyl halides is 2. The number of rotatable bonds is 7. The number of nitrogens with zero attached hydrogens (tertiary/aromatic N) is 2. The van der Waals surface area contributed by atoms with Crippen molar-refractivity contribution in [1.29, 1.82) is 0 Å². The lowest BCUT2D eigenvalue weighted by Crippen LogP contribution is -2.55. The number of hydrogen-bond acceptors (Lipinski definition) is 7. The summed E-state index contributed by atoms with van der Waals surface area (Å²) >= 11 is 0. The quantitative estimate of drug-likeness (QED) is 0.260. The van der Waals surface area contributed by atoms with Gasteiger partial charge in [0.05, 0.1) is 12.4 Å². The van der Waals surface area contributed by atoms with Gasteiger partial charge in [0.15, 0.2) is 0 Å². The molecule has 1 aromatic rings. The fourth-order valence-electron chi connectivity index (χ4n) is 6.07. The van der Waals surface area contributed by atoms with E-state index < -0.39 is 5.66 Å². The molecule has 0 aromatic heterocycles. The Morgan fingerprint density at radius 2 is 1.95 bits per heavy atom. The van der Waals surface area contributed by atoms with Crippen molar-refractivity contribution < 1.29 is 18.7 Å². The molecule has 0 radical (unpaired) electrons. The average Bonchev–Trinajstić information content (AvgIpc) is 2.82. The Bertz CT molecular complexity index is 1090. The summed E-state index contributed by atoms with van der Waals surface area (Å²) in [5, 5.41) is 13.6. The van der Waals surface area contributed by atoms with Crippen LogP contribution < -0.4 is 22.5 Å². The Kier molecular flexibility index (Phi) is 8.55. The molecule has 38 heavy (non-hydrogen) atoms. The Balaban J connectivity index is 1.30. The topological polar surface area (TPSA) is 134 Å². The third-order valence-electron chi connectivity index (χ3n) is 8.27. The molecule has 1 saturated carbocycles. The van der Waals surface area contributed by atoms with Crippen LogP contribution in [-0.2, 0) is 10.5 Å². The molecule has 210 valence electrons. The first kappa shape index (κ1) is 28.6. The van der Waals surface area contributed by atoms with E-state index >= 15 is 0 Å². The molecule has 3 aliphatic rings. The monoisotopic (exact) mass is 550 g/mol. The first-order valence-electron chi connectivity index (χ1n) is 13.3. The van der Waals surface area contributed by atoms with Crippen LogP contribution in [0.3, 0.4) is 0 Å². The maximum atomic E-state index is 13.5. The minimum atomic E-state index is -3.14. The molecule has 1 amide bonds. The summed E-state index contributed by atoms with van der Waals surface area (Å²) in [4.78, 5) is 17.1. The summed E-state index contributed by atoms with van der Waals surface area (Å²) in [5.74, 6) is 0.273. The van der Waals surface area contributed by atoms with Gasteiger partial charge in [-0.25, -0.2) is 0 Å². The number of allylic oxidation sites excluding steroid dienone is 2. The highest BCUT2D eigenvalue weighted by Gasteiger charge is 2.44. The zero-order valence-corrected chi connectivity index (χ0v) is 23.2. The van der Waals surface area contributed by atoms with Crippen LogP contribution in [0.25, 0.3) is 5.70 Å². The molecule has 1 aromatic carbocycles. The minimum absolute atomic E-state index is 0.0832. The highest BCUT2D eigenvalue weighted by molar-refractivity contribution is 7.17. The highest BCUT2D eigenvalue weighted by Crippen LogP contribution is 2.48. The third kappa shape index (κ3) is 6.77. The van der Waals surface area contributed by atoms with E-state index in [-0.39, 0.29) is 34.5 Å². The van der Waals surface area contributed by atoms with Gasteiger partial charge in [0.2, 0.25) is 5.91 Å². The Hall–Kier alpha value is -2.42. The van der Waals surface area contributed by atoms with Crippen LogP contribution in [0, 0.1) is 5.41 Å². The number of carbonyl (C=O) groups is 1. The lowest BCUT2D eigenvalue weighted by molar-refractivity contribution is -0.136. The molecular formula is C27H41F2N6O2P. The van der Waals surface area contributed by atoms with Gasteiger partial charge in [-0.3, -0.25) is 9.69 Å². The molecule has 4 rings (SSSR count). The second kappa shape index (κ2) is 11.4. The zero-order valence-electron chi connectivity index (χ0n) is 22.1. The SMILES string of the molecule is CC(/C=C(\N)NC1CCCN(CC(=O)N2CCC3(CC2)CC(N)C3)C1)=C(/N)c1ccc(C(F)(F)P)cc1O. The summed E-state index contributed by atoms with van der Waals surface area (Å²) < 4.78 is 27.0. The van der Waals surface area contributed by atoms with E-state index in [1.165, 1.54) is 21.4 Å². The number of nitrogens with two attached hydrogens (primary N) is 3. The number of aromatic hydroxyl groups is 1. The van der Waals surface area contributed by atoms with Gasteiger partial charge in [0.1, 0.15) is 5.75 Å². The number of hydrogen-bond donors (Lipinski definition) is 5. The van der Waals surface area contributed by atoms with Crippen molar-refractivity contribution in [3.63, 3.8) is 0 Å². The van der Waals surface area contributed by atoms with Gasteiger partial charge in [-0.15, -0.1) is 0 Å². The molecule has 2 saturated heterocycles. The number of phenolic OH excluding ortho intramolecular Hbond substituents is 1. The maximum Gasteiger partial charge on any atom is 0.284 e. The lowest BCUT2D eigenvalue weighted by atomic mass is 9.61. The molecule has 2 unspecified atom stereocenters. The Morgan fingerprint density at radius 1 is 1.26 bits per heavy atom. The Labute approximate surface area is 225 Å².